The Bertz CT molecular complexity index is 871. The molecule has 3 aromatic rings. The van der Waals surface area contributed by atoms with Gasteiger partial charge >= 0.3 is 5.69 Å². The van der Waals surface area contributed by atoms with Crippen LogP contribution in [-0.4, -0.2) is 26.4 Å². The second-order valence-electron chi connectivity index (χ2n) is 4.59. The molecule has 0 bridgehead atoms. The van der Waals surface area contributed by atoms with Gasteiger partial charge in [-0.3, -0.25) is 10.1 Å². The highest BCUT2D eigenvalue weighted by molar-refractivity contribution is 7.99. The van der Waals surface area contributed by atoms with Crippen LogP contribution < -0.4 is 5.32 Å². The lowest BCUT2D eigenvalue weighted by Gasteiger charge is -2.08. The van der Waals surface area contributed by atoms with Gasteiger partial charge in [-0.2, -0.15) is 0 Å². The molecule has 1 N–H and O–H groups in total. The number of benzene rings is 1. The predicted molar refractivity (Wildman–Crippen MR) is 88.7 cm³/mol. The van der Waals surface area contributed by atoms with Crippen molar-refractivity contribution in [1.82, 2.24) is 15.0 Å². The molecular formula is C15H13N5O2S. The Morgan fingerprint density at radius 3 is 2.83 bits per heavy atom. The first-order valence-corrected chi connectivity index (χ1v) is 7.78. The predicted octanol–water partition coefficient (Wildman–Crippen LogP) is 3.52. The van der Waals surface area contributed by atoms with E-state index in [0.717, 1.165) is 29.2 Å². The minimum absolute atomic E-state index is 0.0562. The molecule has 0 aliphatic rings. The average Bonchev–Trinajstić information content (AvgIpc) is 2.55. The zero-order valence-electron chi connectivity index (χ0n) is 12.3. The third-order valence-electron chi connectivity index (χ3n) is 3.06. The summed E-state index contributed by atoms with van der Waals surface area (Å²) in [6.07, 6.45) is 1.52. The second kappa shape index (κ2) is 6.57. The van der Waals surface area contributed by atoms with Gasteiger partial charge in [0.1, 0.15) is 5.82 Å². The Morgan fingerprint density at radius 1 is 1.22 bits per heavy atom. The molecule has 7 nitrogen and oxygen atoms in total. The van der Waals surface area contributed by atoms with Gasteiger partial charge in [-0.05, 0) is 36.9 Å². The largest absolute Gasteiger partial charge is 0.370 e. The summed E-state index contributed by atoms with van der Waals surface area (Å²) >= 11 is 1.08. The van der Waals surface area contributed by atoms with E-state index >= 15 is 0 Å². The Balaban J connectivity index is 2.05. The second-order valence-corrected chi connectivity index (χ2v) is 5.55. The van der Waals surface area contributed by atoms with Crippen LogP contribution in [0.5, 0.6) is 0 Å². The molecule has 0 unspecified atom stereocenters. The molecule has 2 aromatic heterocycles. The quantitative estimate of drug-likeness (QED) is 0.435. The number of para-hydroxylation sites is 1. The third-order valence-corrected chi connectivity index (χ3v) is 3.94. The Labute approximate surface area is 136 Å². The standard InChI is InChI=1S/C15H13N5O2S/c1-2-16-13-10-6-3-4-7-11(10)18-15(19-13)23-14-12(20(21)22)8-5-9-17-14/h3-9H,2H2,1H3,(H,16,18,19). The molecule has 0 amide bonds. The van der Waals surface area contributed by atoms with Crippen LogP contribution in [0.3, 0.4) is 0 Å². The summed E-state index contributed by atoms with van der Waals surface area (Å²) in [7, 11) is 0. The number of anilines is 1. The summed E-state index contributed by atoms with van der Waals surface area (Å²) < 4.78 is 0. The number of nitrogens with zero attached hydrogens (tertiary/aromatic N) is 4. The van der Waals surface area contributed by atoms with Gasteiger partial charge in [0.2, 0.25) is 0 Å². The first kappa shape index (κ1) is 15.2. The molecule has 0 fully saturated rings. The van der Waals surface area contributed by atoms with E-state index in [1.807, 2.05) is 31.2 Å². The summed E-state index contributed by atoms with van der Waals surface area (Å²) in [5, 5.41) is 15.9. The molecule has 3 rings (SSSR count). The van der Waals surface area contributed by atoms with Gasteiger partial charge in [-0.15, -0.1) is 0 Å². The van der Waals surface area contributed by atoms with Crippen LogP contribution in [0.2, 0.25) is 0 Å². The van der Waals surface area contributed by atoms with Crippen molar-refractivity contribution in [2.75, 3.05) is 11.9 Å². The van der Waals surface area contributed by atoms with Crippen molar-refractivity contribution >= 4 is 34.2 Å². The number of aromatic nitrogens is 3. The summed E-state index contributed by atoms with van der Waals surface area (Å²) in [6.45, 7) is 2.70. The first-order valence-electron chi connectivity index (χ1n) is 6.97. The molecule has 1 aromatic carbocycles. The molecule has 23 heavy (non-hydrogen) atoms. The number of rotatable bonds is 5. The van der Waals surface area contributed by atoms with E-state index in [9.17, 15) is 10.1 Å². The average molecular weight is 327 g/mol. The molecule has 116 valence electrons. The molecule has 0 aliphatic heterocycles. The monoisotopic (exact) mass is 327 g/mol. The molecular weight excluding hydrogens is 314 g/mol. The fourth-order valence-corrected chi connectivity index (χ4v) is 2.90. The summed E-state index contributed by atoms with van der Waals surface area (Å²) in [4.78, 5) is 23.6. The van der Waals surface area contributed by atoms with Crippen LogP contribution in [0.25, 0.3) is 10.9 Å². The lowest BCUT2D eigenvalue weighted by atomic mass is 10.2. The van der Waals surface area contributed by atoms with Crippen LogP contribution in [-0.2, 0) is 0 Å². The van der Waals surface area contributed by atoms with Crippen LogP contribution in [0, 0.1) is 10.1 Å². The fourth-order valence-electron chi connectivity index (χ4n) is 2.09. The van der Waals surface area contributed by atoms with Crippen molar-refractivity contribution in [3.63, 3.8) is 0 Å². The lowest BCUT2D eigenvalue weighted by Crippen LogP contribution is -2.02. The zero-order chi connectivity index (χ0) is 16.2. The van der Waals surface area contributed by atoms with Gasteiger partial charge in [0, 0.05) is 24.2 Å². The number of nitrogens with one attached hydrogen (secondary N) is 1. The van der Waals surface area contributed by atoms with Gasteiger partial charge in [0.25, 0.3) is 0 Å². The van der Waals surface area contributed by atoms with Crippen molar-refractivity contribution in [3.8, 4) is 0 Å². The minimum Gasteiger partial charge on any atom is -0.370 e. The highest BCUT2D eigenvalue weighted by Gasteiger charge is 2.17. The first-order chi connectivity index (χ1) is 11.2. The summed E-state index contributed by atoms with van der Waals surface area (Å²) in [5.41, 5.74) is 0.721. The molecule has 0 atom stereocenters. The lowest BCUT2D eigenvalue weighted by molar-refractivity contribution is -0.388. The van der Waals surface area contributed by atoms with Gasteiger partial charge in [0.15, 0.2) is 10.2 Å². The Hall–Kier alpha value is -2.74. The maximum Gasteiger partial charge on any atom is 0.301 e. The van der Waals surface area contributed by atoms with E-state index in [0.29, 0.717) is 11.0 Å². The fraction of sp³-hybridized carbons (Fsp3) is 0.133. The highest BCUT2D eigenvalue weighted by Crippen LogP contribution is 2.32. The smallest absolute Gasteiger partial charge is 0.301 e. The maximum atomic E-state index is 11.1. The van der Waals surface area contributed by atoms with Crippen LogP contribution in [0.4, 0.5) is 11.5 Å². The van der Waals surface area contributed by atoms with Crippen molar-refractivity contribution in [3.05, 3.63) is 52.7 Å². The SMILES string of the molecule is CCNc1nc(Sc2ncccc2[N+](=O)[O-])nc2ccccc12. The van der Waals surface area contributed by atoms with E-state index in [2.05, 4.69) is 20.3 Å². The molecule has 0 aliphatic carbocycles. The number of nitro groups is 1. The van der Waals surface area contributed by atoms with E-state index in [1.165, 1.54) is 18.3 Å². The molecule has 0 saturated heterocycles. The Morgan fingerprint density at radius 2 is 2.04 bits per heavy atom. The number of pyridine rings is 1. The van der Waals surface area contributed by atoms with E-state index < -0.39 is 4.92 Å². The highest BCUT2D eigenvalue weighted by atomic mass is 32.2. The molecule has 8 heteroatoms. The molecule has 0 saturated carbocycles. The van der Waals surface area contributed by atoms with Crippen LogP contribution in [0.1, 0.15) is 6.92 Å². The minimum atomic E-state index is -0.457. The van der Waals surface area contributed by atoms with Crippen molar-refractivity contribution < 1.29 is 4.92 Å². The molecule has 0 spiro atoms. The van der Waals surface area contributed by atoms with Crippen molar-refractivity contribution in [2.45, 2.75) is 17.1 Å². The molecule has 0 radical (unpaired) electrons. The summed E-state index contributed by atoms with van der Waals surface area (Å²) in [6, 6.07) is 10.6. The van der Waals surface area contributed by atoms with Crippen molar-refractivity contribution in [2.24, 2.45) is 0 Å². The maximum absolute atomic E-state index is 11.1. The van der Waals surface area contributed by atoms with Gasteiger partial charge in [-0.25, -0.2) is 15.0 Å². The topological polar surface area (TPSA) is 93.8 Å². The Kier molecular flexibility index (Phi) is 4.33. The third kappa shape index (κ3) is 3.21. The summed E-state index contributed by atoms with van der Waals surface area (Å²) in [5.74, 6) is 0.708. The van der Waals surface area contributed by atoms with Gasteiger partial charge in [0.05, 0.1) is 10.4 Å². The number of hydrogen-bond acceptors (Lipinski definition) is 7. The van der Waals surface area contributed by atoms with Gasteiger partial charge < -0.3 is 5.32 Å². The normalized spacial score (nSPS) is 10.7. The van der Waals surface area contributed by atoms with Crippen molar-refractivity contribution in [1.29, 1.82) is 0 Å². The van der Waals surface area contributed by atoms with E-state index in [4.69, 9.17) is 0 Å². The van der Waals surface area contributed by atoms with E-state index in [-0.39, 0.29) is 10.7 Å². The molecule has 2 heterocycles. The van der Waals surface area contributed by atoms with Crippen LogP contribution >= 0.6 is 11.8 Å². The zero-order valence-corrected chi connectivity index (χ0v) is 13.1. The van der Waals surface area contributed by atoms with E-state index in [1.54, 1.807) is 0 Å². The van der Waals surface area contributed by atoms with Gasteiger partial charge in [-0.1, -0.05) is 12.1 Å². The van der Waals surface area contributed by atoms with Crippen LogP contribution in [0.15, 0.2) is 52.8 Å². The number of hydrogen-bond donors (Lipinski definition) is 1. The number of fused-ring (bicyclic) bond motifs is 1.